The van der Waals surface area contributed by atoms with Crippen molar-refractivity contribution < 1.29 is 14.6 Å². The minimum atomic E-state index is -0.0224. The van der Waals surface area contributed by atoms with E-state index in [1.165, 1.54) is 0 Å². The van der Waals surface area contributed by atoms with Crippen LogP contribution in [0.25, 0.3) is 0 Å². The maximum atomic E-state index is 11.8. The number of benzene rings is 1. The van der Waals surface area contributed by atoms with Gasteiger partial charge in [-0.05, 0) is 37.1 Å². The van der Waals surface area contributed by atoms with Crippen LogP contribution in [-0.2, 0) is 4.79 Å². The van der Waals surface area contributed by atoms with Gasteiger partial charge in [0.15, 0.2) is 0 Å². The highest BCUT2D eigenvalue weighted by Crippen LogP contribution is 2.25. The number of aliphatic hydroxyl groups excluding tert-OH is 1. The fourth-order valence-corrected chi connectivity index (χ4v) is 2.55. The third-order valence-corrected chi connectivity index (χ3v) is 3.72. The zero-order valence-corrected chi connectivity index (χ0v) is 11.5. The molecule has 1 aliphatic carbocycles. The van der Waals surface area contributed by atoms with Gasteiger partial charge in [-0.25, -0.2) is 0 Å². The number of nitrogens with one attached hydrogen (secondary N) is 1. The van der Waals surface area contributed by atoms with Crippen molar-refractivity contribution in [2.45, 2.75) is 31.7 Å². The van der Waals surface area contributed by atoms with Gasteiger partial charge in [0.1, 0.15) is 5.75 Å². The molecule has 0 radical (unpaired) electrons. The first-order chi connectivity index (χ1) is 9.69. The molecule has 5 nitrogen and oxygen atoms in total. The van der Waals surface area contributed by atoms with Crippen LogP contribution >= 0.6 is 0 Å². The number of aliphatic hydroxyl groups is 1. The fourth-order valence-electron chi connectivity index (χ4n) is 2.55. The first kappa shape index (κ1) is 14.7. The lowest BCUT2D eigenvalue weighted by Gasteiger charge is -2.19. The summed E-state index contributed by atoms with van der Waals surface area (Å²) >= 11 is 0. The highest BCUT2D eigenvalue weighted by molar-refractivity contribution is 5.76. The summed E-state index contributed by atoms with van der Waals surface area (Å²) in [6.45, 7) is 0.485. The molecule has 4 N–H and O–H groups in total. The van der Waals surface area contributed by atoms with Crippen molar-refractivity contribution >= 4 is 11.6 Å². The molecule has 2 unspecified atom stereocenters. The lowest BCUT2D eigenvalue weighted by atomic mass is 10.1. The Hall–Kier alpha value is -1.75. The van der Waals surface area contributed by atoms with Crippen molar-refractivity contribution in [3.63, 3.8) is 0 Å². The second kappa shape index (κ2) is 7.14. The van der Waals surface area contributed by atoms with Crippen LogP contribution in [0.3, 0.4) is 0 Å². The van der Waals surface area contributed by atoms with E-state index in [0.29, 0.717) is 24.5 Å². The number of rotatable bonds is 6. The lowest BCUT2D eigenvalue weighted by molar-refractivity contribution is -0.122. The molecule has 1 aromatic carbocycles. The predicted octanol–water partition coefficient (Wildman–Crippen LogP) is 1.31. The van der Waals surface area contributed by atoms with E-state index in [-0.39, 0.29) is 24.5 Å². The molecular weight excluding hydrogens is 256 g/mol. The van der Waals surface area contributed by atoms with Crippen molar-refractivity contribution in [3.05, 3.63) is 24.3 Å². The Morgan fingerprint density at radius 1 is 1.35 bits per heavy atom. The molecule has 1 amide bonds. The van der Waals surface area contributed by atoms with E-state index in [0.717, 1.165) is 19.3 Å². The number of amides is 1. The van der Waals surface area contributed by atoms with Gasteiger partial charge >= 0.3 is 0 Å². The molecule has 1 aliphatic rings. The van der Waals surface area contributed by atoms with Crippen LogP contribution in [0.15, 0.2) is 24.3 Å². The lowest BCUT2D eigenvalue weighted by Crippen LogP contribution is -2.39. The first-order valence-corrected chi connectivity index (χ1v) is 7.07. The molecule has 0 aromatic heterocycles. The molecule has 2 rings (SSSR count). The van der Waals surface area contributed by atoms with Crippen molar-refractivity contribution in [3.8, 4) is 5.75 Å². The third kappa shape index (κ3) is 4.13. The zero-order valence-electron chi connectivity index (χ0n) is 11.5. The predicted molar refractivity (Wildman–Crippen MR) is 77.3 cm³/mol. The molecule has 2 atom stereocenters. The van der Waals surface area contributed by atoms with Gasteiger partial charge in [-0.1, -0.05) is 6.42 Å². The Kier molecular flexibility index (Phi) is 5.24. The van der Waals surface area contributed by atoms with Gasteiger partial charge in [0.05, 0.1) is 13.0 Å². The van der Waals surface area contributed by atoms with Gasteiger partial charge in [0.25, 0.3) is 0 Å². The van der Waals surface area contributed by atoms with Gasteiger partial charge in [-0.3, -0.25) is 4.79 Å². The maximum Gasteiger partial charge on any atom is 0.223 e. The number of nitrogens with two attached hydrogens (primary N) is 1. The van der Waals surface area contributed by atoms with Gasteiger partial charge in [0.2, 0.25) is 5.91 Å². The van der Waals surface area contributed by atoms with Gasteiger partial charge in [0, 0.05) is 24.3 Å². The molecule has 1 fully saturated rings. The van der Waals surface area contributed by atoms with Crippen LogP contribution in [0, 0.1) is 5.92 Å². The fraction of sp³-hybridized carbons (Fsp3) is 0.533. The molecule has 110 valence electrons. The summed E-state index contributed by atoms with van der Waals surface area (Å²) in [6.07, 6.45) is 3.33. The normalized spacial score (nSPS) is 21.6. The van der Waals surface area contributed by atoms with Crippen LogP contribution < -0.4 is 15.8 Å². The van der Waals surface area contributed by atoms with Crippen LogP contribution in [0.4, 0.5) is 5.69 Å². The van der Waals surface area contributed by atoms with E-state index in [9.17, 15) is 9.90 Å². The van der Waals surface area contributed by atoms with E-state index < -0.39 is 0 Å². The van der Waals surface area contributed by atoms with E-state index in [2.05, 4.69) is 5.32 Å². The summed E-state index contributed by atoms with van der Waals surface area (Å²) in [4.78, 5) is 11.8. The maximum absolute atomic E-state index is 11.8. The SMILES string of the molecule is Nc1ccc(OCCC(=O)NC2CCCC2CO)cc1. The Balaban J connectivity index is 1.68. The molecule has 5 heteroatoms. The van der Waals surface area contributed by atoms with Crippen LogP contribution in [-0.4, -0.2) is 30.3 Å². The van der Waals surface area contributed by atoms with E-state index in [1.54, 1.807) is 24.3 Å². The minimum Gasteiger partial charge on any atom is -0.493 e. The molecule has 1 saturated carbocycles. The topological polar surface area (TPSA) is 84.6 Å². The van der Waals surface area contributed by atoms with Crippen LogP contribution in [0.5, 0.6) is 5.75 Å². The average molecular weight is 278 g/mol. The number of anilines is 1. The number of ether oxygens (including phenoxy) is 1. The van der Waals surface area contributed by atoms with E-state index >= 15 is 0 Å². The van der Waals surface area contributed by atoms with Crippen LogP contribution in [0.2, 0.25) is 0 Å². The molecule has 0 saturated heterocycles. The molecule has 0 spiro atoms. The van der Waals surface area contributed by atoms with E-state index in [4.69, 9.17) is 10.5 Å². The largest absolute Gasteiger partial charge is 0.493 e. The highest BCUT2D eigenvalue weighted by atomic mass is 16.5. The number of carbonyl (C=O) groups excluding carboxylic acids is 1. The molecule has 0 aliphatic heterocycles. The van der Waals surface area contributed by atoms with Gasteiger partial charge in [-0.2, -0.15) is 0 Å². The summed E-state index contributed by atoms with van der Waals surface area (Å²) in [5.41, 5.74) is 6.27. The Bertz CT molecular complexity index is 433. The highest BCUT2D eigenvalue weighted by Gasteiger charge is 2.27. The summed E-state index contributed by atoms with van der Waals surface area (Å²) in [7, 11) is 0. The monoisotopic (exact) mass is 278 g/mol. The minimum absolute atomic E-state index is 0.0224. The first-order valence-electron chi connectivity index (χ1n) is 7.07. The number of hydrogen-bond donors (Lipinski definition) is 3. The molecule has 0 heterocycles. The van der Waals surface area contributed by atoms with Crippen molar-refractivity contribution in [2.24, 2.45) is 5.92 Å². The number of nitrogen functional groups attached to an aromatic ring is 1. The zero-order chi connectivity index (χ0) is 14.4. The van der Waals surface area contributed by atoms with Crippen molar-refractivity contribution in [1.29, 1.82) is 0 Å². The molecule has 0 bridgehead atoms. The Morgan fingerprint density at radius 3 is 2.80 bits per heavy atom. The third-order valence-electron chi connectivity index (χ3n) is 3.72. The van der Waals surface area contributed by atoms with Crippen LogP contribution in [0.1, 0.15) is 25.7 Å². The second-order valence-corrected chi connectivity index (χ2v) is 5.22. The van der Waals surface area contributed by atoms with Gasteiger partial charge in [-0.15, -0.1) is 0 Å². The van der Waals surface area contributed by atoms with Crippen molar-refractivity contribution in [2.75, 3.05) is 18.9 Å². The smallest absolute Gasteiger partial charge is 0.223 e. The quantitative estimate of drug-likeness (QED) is 0.685. The van der Waals surface area contributed by atoms with Gasteiger partial charge < -0.3 is 20.9 Å². The standard InChI is InChI=1S/C15H22N2O3/c16-12-4-6-13(7-5-12)20-9-8-15(19)17-14-3-1-2-11(14)10-18/h4-7,11,14,18H,1-3,8-10,16H2,(H,17,19). The number of carbonyl (C=O) groups is 1. The molecule has 1 aromatic rings. The molecule has 20 heavy (non-hydrogen) atoms. The van der Waals surface area contributed by atoms with E-state index in [1.807, 2.05) is 0 Å². The number of hydrogen-bond acceptors (Lipinski definition) is 4. The summed E-state index contributed by atoms with van der Waals surface area (Å²) in [5, 5.41) is 12.2. The molecular formula is C15H22N2O3. The summed E-state index contributed by atoms with van der Waals surface area (Å²) < 4.78 is 5.48. The average Bonchev–Trinajstić information content (AvgIpc) is 2.88. The summed E-state index contributed by atoms with van der Waals surface area (Å²) in [6, 6.07) is 7.21. The van der Waals surface area contributed by atoms with Crippen molar-refractivity contribution in [1.82, 2.24) is 5.32 Å². The Labute approximate surface area is 119 Å². The second-order valence-electron chi connectivity index (χ2n) is 5.22. The Morgan fingerprint density at radius 2 is 2.10 bits per heavy atom. The summed E-state index contributed by atoms with van der Waals surface area (Å²) in [5.74, 6) is 0.892.